The minimum atomic E-state index is -0.890. The van der Waals surface area contributed by atoms with Gasteiger partial charge in [-0.15, -0.1) is 11.3 Å². The molecule has 20 heteroatoms. The number of amides is 4. The first-order chi connectivity index (χ1) is 36.6. The van der Waals surface area contributed by atoms with Crippen molar-refractivity contribution in [2.75, 3.05) is 43.5 Å². The molecule has 0 radical (unpaired) electrons. The average molecular weight is 1050 g/mol. The molecule has 3 fully saturated rings. The van der Waals surface area contributed by atoms with Crippen molar-refractivity contribution in [2.24, 2.45) is 5.41 Å². The third-order valence-corrected chi connectivity index (χ3v) is 16.4. The largest absolute Gasteiger partial charge is 0.495 e. The minimum Gasteiger partial charge on any atom is -0.495 e. The lowest BCUT2D eigenvalue weighted by atomic mass is 9.85. The average Bonchev–Trinajstić information content (AvgIpc) is 4.31. The highest BCUT2D eigenvalue weighted by Crippen LogP contribution is 2.45. The number of thiazole rings is 1. The second kappa shape index (κ2) is 23.5. The number of hydrogen-bond donors (Lipinski definition) is 5. The molecule has 6 heterocycles. The van der Waals surface area contributed by atoms with Crippen LogP contribution >= 0.6 is 11.3 Å². The highest BCUT2D eigenvalue weighted by Gasteiger charge is 2.45. The van der Waals surface area contributed by atoms with Crippen LogP contribution in [0.25, 0.3) is 16.1 Å². The van der Waals surface area contributed by atoms with E-state index in [1.807, 2.05) is 62.0 Å². The van der Waals surface area contributed by atoms with Gasteiger partial charge in [-0.1, -0.05) is 64.8 Å². The zero-order chi connectivity index (χ0) is 53.7. The summed E-state index contributed by atoms with van der Waals surface area (Å²) in [7, 11) is 1.57. The zero-order valence-corrected chi connectivity index (χ0v) is 45.3. The van der Waals surface area contributed by atoms with Crippen molar-refractivity contribution in [2.45, 2.75) is 148 Å². The number of nitrogens with one attached hydrogen (secondary N) is 4. The molecule has 0 spiro atoms. The number of fused-ring (bicyclic) bond motifs is 3. The topological polar surface area (TPSA) is 236 Å². The van der Waals surface area contributed by atoms with Crippen LogP contribution in [-0.2, 0) is 20.9 Å². The first kappa shape index (κ1) is 53.9. The first-order valence-corrected chi connectivity index (χ1v) is 27.7. The number of aliphatic hydroxyl groups is 1. The molecule has 1 aliphatic carbocycles. The number of carbonyl (C=O) groups excluding carboxylic acids is 4. The number of likely N-dealkylation sites (tertiary alicyclic amines) is 2. The Balaban J connectivity index is 0.721. The Kier molecular flexibility index (Phi) is 16.7. The van der Waals surface area contributed by atoms with E-state index in [1.165, 1.54) is 4.90 Å². The molecule has 0 bridgehead atoms. The predicted molar refractivity (Wildman–Crippen MR) is 290 cm³/mol. The standard InChI is InChI=1S/C56H71N13O6S/c1-7-43-48-42(28-57)60-32-68(48)45-30-59-55(65-51(45)69(43)39-12-8-9-13-39)63-41-20-19-37(26-46(41)75-6)52(72)62-38-21-24-66(25-22-38)23-11-10-14-47(71)64-50(56(3,4)5)54(74)67-31-40(70)27-44(67)53(73)58-29-35-15-17-36(18-16-35)49-34(2)61-33-76-49/h15-20,26,30,32-33,38-40,43-44,50,70H,7-14,21-25,27,29,31H2,1-6H3,(H,58,73)(H,62,72)(H,64,71)(H,59,63,65)/t40-,43-,44+,50?/m1/s1. The van der Waals surface area contributed by atoms with Crippen LogP contribution < -0.4 is 30.9 Å². The number of anilines is 3. The molecule has 4 amide bonds. The van der Waals surface area contributed by atoms with Crippen LogP contribution in [0.4, 0.5) is 17.5 Å². The number of β-amino-alcohol motifs (C(OH)–C–C–N with tert-alkyl or cyclic N) is 1. The molecule has 9 rings (SSSR count). The molecule has 1 saturated carbocycles. The van der Waals surface area contributed by atoms with Crippen molar-refractivity contribution in [3.63, 3.8) is 0 Å². The molecule has 5 aromatic rings. The lowest BCUT2D eigenvalue weighted by Gasteiger charge is -2.41. The summed E-state index contributed by atoms with van der Waals surface area (Å²) < 4.78 is 7.72. The second-order valence-electron chi connectivity index (χ2n) is 21.7. The molecule has 3 aromatic heterocycles. The van der Waals surface area contributed by atoms with Gasteiger partial charge in [0.05, 0.1) is 52.9 Å². The fourth-order valence-electron chi connectivity index (χ4n) is 11.3. The number of piperidine rings is 1. The lowest BCUT2D eigenvalue weighted by Crippen LogP contribution is -2.57. The van der Waals surface area contributed by atoms with E-state index in [1.54, 1.807) is 49.2 Å². The van der Waals surface area contributed by atoms with Crippen LogP contribution in [0, 0.1) is 23.7 Å². The summed E-state index contributed by atoms with van der Waals surface area (Å²) in [4.78, 5) is 80.4. The number of unbranched alkanes of at least 4 members (excludes halogenated alkanes) is 1. The van der Waals surface area contributed by atoms with Crippen molar-refractivity contribution < 1.29 is 29.0 Å². The molecule has 3 aliphatic heterocycles. The van der Waals surface area contributed by atoms with Crippen molar-refractivity contribution >= 4 is 52.4 Å². The number of nitriles is 1. The highest BCUT2D eigenvalue weighted by molar-refractivity contribution is 7.13. The third kappa shape index (κ3) is 11.9. The number of aliphatic hydroxyl groups excluding tert-OH is 1. The molecule has 76 heavy (non-hydrogen) atoms. The summed E-state index contributed by atoms with van der Waals surface area (Å²) >= 11 is 1.58. The number of carbonyl (C=O) groups is 4. The number of rotatable bonds is 18. The number of benzene rings is 2. The molecular formula is C56H71N13O6S. The van der Waals surface area contributed by atoms with Gasteiger partial charge in [-0.2, -0.15) is 10.2 Å². The van der Waals surface area contributed by atoms with E-state index in [-0.39, 0.29) is 61.6 Å². The molecule has 2 saturated heterocycles. The fraction of sp³-hybridized carbons (Fsp3) is 0.518. The summed E-state index contributed by atoms with van der Waals surface area (Å²) in [6.45, 7) is 12.4. The molecule has 2 aromatic carbocycles. The van der Waals surface area contributed by atoms with Crippen LogP contribution in [0.5, 0.6) is 5.75 Å². The maximum absolute atomic E-state index is 14.1. The lowest BCUT2D eigenvalue weighted by molar-refractivity contribution is -0.144. The molecular weight excluding hydrogens is 983 g/mol. The van der Waals surface area contributed by atoms with Crippen LogP contribution in [0.2, 0.25) is 0 Å². The molecule has 402 valence electrons. The number of aromatic nitrogens is 5. The smallest absolute Gasteiger partial charge is 0.251 e. The van der Waals surface area contributed by atoms with Gasteiger partial charge < -0.3 is 45.8 Å². The van der Waals surface area contributed by atoms with Crippen molar-refractivity contribution in [3.8, 4) is 27.9 Å². The second-order valence-corrected chi connectivity index (χ2v) is 22.5. The molecule has 4 atom stereocenters. The minimum absolute atomic E-state index is 0.00287. The Morgan fingerprint density at radius 1 is 1.00 bits per heavy atom. The van der Waals surface area contributed by atoms with E-state index in [4.69, 9.17) is 9.72 Å². The number of hydrogen-bond acceptors (Lipinski definition) is 15. The Bertz CT molecular complexity index is 2930. The van der Waals surface area contributed by atoms with Crippen molar-refractivity contribution in [1.29, 1.82) is 5.26 Å². The van der Waals surface area contributed by atoms with Gasteiger partial charge in [0.15, 0.2) is 11.5 Å². The van der Waals surface area contributed by atoms with Gasteiger partial charge >= 0.3 is 0 Å². The Labute approximate surface area is 448 Å². The van der Waals surface area contributed by atoms with Gasteiger partial charge in [0.25, 0.3) is 5.91 Å². The first-order valence-electron chi connectivity index (χ1n) is 26.8. The van der Waals surface area contributed by atoms with Crippen LogP contribution in [0.3, 0.4) is 0 Å². The van der Waals surface area contributed by atoms with E-state index in [2.05, 4.69) is 59.0 Å². The van der Waals surface area contributed by atoms with E-state index in [0.29, 0.717) is 41.1 Å². The molecule has 5 N–H and O–H groups in total. The van der Waals surface area contributed by atoms with E-state index in [9.17, 15) is 29.5 Å². The van der Waals surface area contributed by atoms with Gasteiger partial charge in [0.2, 0.25) is 23.7 Å². The van der Waals surface area contributed by atoms with Crippen molar-refractivity contribution in [3.05, 3.63) is 88.7 Å². The summed E-state index contributed by atoms with van der Waals surface area (Å²) in [5, 5.41) is 33.1. The van der Waals surface area contributed by atoms with E-state index >= 15 is 0 Å². The van der Waals surface area contributed by atoms with Gasteiger partial charge in [0, 0.05) is 56.7 Å². The van der Waals surface area contributed by atoms with Crippen LogP contribution in [-0.4, -0.2) is 127 Å². The number of methoxy groups -OCH3 is 1. The summed E-state index contributed by atoms with van der Waals surface area (Å²) in [6, 6.07) is 14.0. The SMILES string of the molecule is CC[C@@H]1c2c(C#N)ncn2-c2cnc(Nc3ccc(C(=O)NC4CCN(CCCCC(=O)NC(C(=O)N5C[C@H](O)C[C@H]5C(=O)NCc5ccc(-c6scnc6C)cc5)C(C)(C)C)CC4)cc3OC)nc2N1C1CCCC1. The van der Waals surface area contributed by atoms with Gasteiger partial charge in [0.1, 0.15) is 35.9 Å². The Hall–Kier alpha value is -6.95. The normalized spacial score (nSPS) is 19.4. The van der Waals surface area contributed by atoms with Gasteiger partial charge in [-0.3, -0.25) is 23.7 Å². The maximum atomic E-state index is 14.1. The predicted octanol–water partition coefficient (Wildman–Crippen LogP) is 7.11. The molecule has 4 aliphatic rings. The van der Waals surface area contributed by atoms with Crippen LogP contribution in [0.15, 0.2) is 60.5 Å². The highest BCUT2D eigenvalue weighted by atomic mass is 32.1. The quantitative estimate of drug-likeness (QED) is 0.0551. The summed E-state index contributed by atoms with van der Waals surface area (Å²) in [5.74, 6) is 0.516. The van der Waals surface area contributed by atoms with Crippen LogP contribution in [0.1, 0.15) is 137 Å². The van der Waals surface area contributed by atoms with Gasteiger partial charge in [-0.05, 0) is 93.2 Å². The molecule has 19 nitrogen and oxygen atoms in total. The van der Waals surface area contributed by atoms with Gasteiger partial charge in [-0.25, -0.2) is 15.0 Å². The maximum Gasteiger partial charge on any atom is 0.251 e. The number of nitrogens with zero attached hydrogens (tertiary/aromatic N) is 9. The fourth-order valence-corrected chi connectivity index (χ4v) is 12.1. The number of imidazole rings is 1. The summed E-state index contributed by atoms with van der Waals surface area (Å²) in [6.07, 6.45) is 11.1. The Morgan fingerprint density at radius 2 is 1.76 bits per heavy atom. The van der Waals surface area contributed by atoms with E-state index in [0.717, 1.165) is 110 Å². The van der Waals surface area contributed by atoms with Crippen molar-refractivity contribution in [1.82, 2.24) is 50.3 Å². The Morgan fingerprint density at radius 3 is 2.45 bits per heavy atom. The third-order valence-electron chi connectivity index (χ3n) is 15.4. The summed E-state index contributed by atoms with van der Waals surface area (Å²) in [5.41, 5.74) is 7.28. The number of ether oxygens (including phenoxy) is 1. The number of aryl methyl sites for hydroxylation is 1. The molecule has 1 unspecified atom stereocenters. The van der Waals surface area contributed by atoms with E-state index < -0.39 is 23.6 Å². The zero-order valence-electron chi connectivity index (χ0n) is 44.5. The monoisotopic (exact) mass is 1050 g/mol.